The molecule has 3 atom stereocenters. The molecule has 0 aliphatic carbocycles. The number of carbonyl (C=O) groups excluding carboxylic acids is 2. The molecule has 6 nitrogen and oxygen atoms in total. The smallest absolute Gasteiger partial charge is 0.326 e. The molecule has 0 fully saturated rings. The second-order valence-corrected chi connectivity index (χ2v) is 6.22. The van der Waals surface area contributed by atoms with Crippen LogP contribution in [0.5, 0.6) is 0 Å². The van der Waals surface area contributed by atoms with Gasteiger partial charge in [0.15, 0.2) is 0 Å². The van der Waals surface area contributed by atoms with Crippen LogP contribution in [-0.2, 0) is 14.4 Å². The number of carboxylic acid groups (broad SMARTS) is 1. The van der Waals surface area contributed by atoms with E-state index in [1.807, 2.05) is 24.4 Å². The molecule has 0 aliphatic rings. The third-order valence-corrected chi connectivity index (χ3v) is 4.44. The van der Waals surface area contributed by atoms with Crippen LogP contribution in [0.1, 0.15) is 44.5 Å². The molecule has 0 spiro atoms. The first kappa shape index (κ1) is 18.2. The van der Waals surface area contributed by atoms with Crippen molar-refractivity contribution in [3.8, 4) is 0 Å². The zero-order valence-corrected chi connectivity index (χ0v) is 13.8. The summed E-state index contributed by atoms with van der Waals surface area (Å²) in [6.07, 6.45) is 0.664. The zero-order chi connectivity index (χ0) is 16.7. The van der Waals surface area contributed by atoms with Crippen LogP contribution in [0.15, 0.2) is 17.5 Å². The van der Waals surface area contributed by atoms with Crippen LogP contribution in [0.25, 0.3) is 0 Å². The fraction of sp³-hybridized carbons (Fsp3) is 0.533. The minimum atomic E-state index is -1.05. The number of aliphatic carboxylic acids is 1. The molecule has 1 aromatic heterocycles. The van der Waals surface area contributed by atoms with Crippen LogP contribution < -0.4 is 10.6 Å². The van der Waals surface area contributed by atoms with Gasteiger partial charge in [-0.1, -0.05) is 26.3 Å². The number of carboxylic acids is 1. The molecule has 3 unspecified atom stereocenters. The lowest BCUT2D eigenvalue weighted by molar-refractivity contribution is -0.143. The summed E-state index contributed by atoms with van der Waals surface area (Å²) in [6.45, 7) is 5.04. The SMILES string of the molecule is CCC(C)C(NC(=O)CC(NC(C)=O)c1cccs1)C(=O)O. The first-order valence-corrected chi connectivity index (χ1v) is 8.05. The molecule has 22 heavy (non-hydrogen) atoms. The summed E-state index contributed by atoms with van der Waals surface area (Å²) >= 11 is 1.44. The van der Waals surface area contributed by atoms with Crippen molar-refractivity contribution in [1.82, 2.24) is 10.6 Å². The van der Waals surface area contributed by atoms with Crippen molar-refractivity contribution in [2.75, 3.05) is 0 Å². The summed E-state index contributed by atoms with van der Waals surface area (Å²) in [6, 6.07) is 2.32. The van der Waals surface area contributed by atoms with E-state index in [9.17, 15) is 19.5 Å². The predicted octanol–water partition coefficient (Wildman–Crippen LogP) is 1.93. The Bertz CT molecular complexity index is 516. The molecule has 0 saturated heterocycles. The molecule has 3 N–H and O–H groups in total. The number of hydrogen-bond acceptors (Lipinski definition) is 4. The molecule has 0 aliphatic heterocycles. The Morgan fingerprint density at radius 3 is 2.45 bits per heavy atom. The van der Waals surface area contributed by atoms with Gasteiger partial charge in [0.05, 0.1) is 12.5 Å². The minimum Gasteiger partial charge on any atom is -0.480 e. The molecule has 1 rings (SSSR count). The summed E-state index contributed by atoms with van der Waals surface area (Å²) in [7, 11) is 0. The van der Waals surface area contributed by atoms with Gasteiger partial charge in [-0.2, -0.15) is 0 Å². The zero-order valence-electron chi connectivity index (χ0n) is 13.0. The number of carbonyl (C=O) groups is 3. The highest BCUT2D eigenvalue weighted by atomic mass is 32.1. The summed E-state index contributed by atoms with van der Waals surface area (Å²) in [5.41, 5.74) is 0. The van der Waals surface area contributed by atoms with E-state index in [1.54, 1.807) is 6.92 Å². The topological polar surface area (TPSA) is 95.5 Å². The van der Waals surface area contributed by atoms with E-state index < -0.39 is 18.1 Å². The first-order valence-electron chi connectivity index (χ1n) is 7.17. The number of thiophene rings is 1. The van der Waals surface area contributed by atoms with Gasteiger partial charge in [-0.25, -0.2) is 4.79 Å². The average molecular weight is 326 g/mol. The van der Waals surface area contributed by atoms with Crippen molar-refractivity contribution in [3.63, 3.8) is 0 Å². The first-order chi connectivity index (χ1) is 10.3. The Kier molecular flexibility index (Phi) is 7.04. The maximum atomic E-state index is 12.1. The van der Waals surface area contributed by atoms with Gasteiger partial charge in [-0.05, 0) is 17.4 Å². The van der Waals surface area contributed by atoms with Crippen molar-refractivity contribution in [2.24, 2.45) is 5.92 Å². The van der Waals surface area contributed by atoms with Crippen molar-refractivity contribution in [3.05, 3.63) is 22.4 Å². The van der Waals surface area contributed by atoms with Gasteiger partial charge in [0.25, 0.3) is 0 Å². The van der Waals surface area contributed by atoms with E-state index in [0.717, 1.165) is 4.88 Å². The minimum absolute atomic E-state index is 0.0142. The van der Waals surface area contributed by atoms with Crippen LogP contribution in [0.4, 0.5) is 0 Å². The lowest BCUT2D eigenvalue weighted by atomic mass is 9.99. The Balaban J connectivity index is 2.74. The number of nitrogens with one attached hydrogen (secondary N) is 2. The molecule has 1 heterocycles. The molecular formula is C15H22N2O4S. The summed E-state index contributed by atoms with van der Waals surface area (Å²) in [4.78, 5) is 35.5. The largest absolute Gasteiger partial charge is 0.480 e. The van der Waals surface area contributed by atoms with E-state index in [-0.39, 0.29) is 24.2 Å². The lowest BCUT2D eigenvalue weighted by Gasteiger charge is -2.22. The summed E-state index contributed by atoms with van der Waals surface area (Å²) in [5.74, 6) is -1.83. The molecular weight excluding hydrogens is 304 g/mol. The van der Waals surface area contributed by atoms with Gasteiger partial charge in [0.1, 0.15) is 6.04 Å². The van der Waals surface area contributed by atoms with Gasteiger partial charge in [0, 0.05) is 11.8 Å². The number of amides is 2. The van der Waals surface area contributed by atoms with Crippen LogP contribution in [-0.4, -0.2) is 28.9 Å². The molecule has 0 aromatic carbocycles. The normalized spacial score (nSPS) is 14.7. The Morgan fingerprint density at radius 2 is 2.00 bits per heavy atom. The predicted molar refractivity (Wildman–Crippen MR) is 84.5 cm³/mol. The van der Waals surface area contributed by atoms with E-state index in [0.29, 0.717) is 6.42 Å². The molecule has 7 heteroatoms. The van der Waals surface area contributed by atoms with Crippen LogP contribution in [0.3, 0.4) is 0 Å². The second-order valence-electron chi connectivity index (χ2n) is 5.24. The highest BCUT2D eigenvalue weighted by Gasteiger charge is 2.27. The Hall–Kier alpha value is -1.89. The van der Waals surface area contributed by atoms with E-state index >= 15 is 0 Å². The van der Waals surface area contributed by atoms with Crippen LogP contribution >= 0.6 is 11.3 Å². The fourth-order valence-corrected chi connectivity index (χ4v) is 2.84. The van der Waals surface area contributed by atoms with Crippen molar-refractivity contribution in [2.45, 2.75) is 45.7 Å². The van der Waals surface area contributed by atoms with Gasteiger partial charge in [0.2, 0.25) is 11.8 Å². The summed E-state index contributed by atoms with van der Waals surface area (Å²) < 4.78 is 0. The average Bonchev–Trinajstić information content (AvgIpc) is 2.96. The molecule has 122 valence electrons. The molecule has 2 amide bonds. The summed E-state index contributed by atoms with van der Waals surface area (Å²) in [5, 5.41) is 16.3. The third-order valence-electron chi connectivity index (χ3n) is 3.45. The van der Waals surface area contributed by atoms with Gasteiger partial charge >= 0.3 is 5.97 Å². The Morgan fingerprint density at radius 1 is 1.32 bits per heavy atom. The maximum Gasteiger partial charge on any atom is 0.326 e. The molecule has 1 aromatic rings. The van der Waals surface area contributed by atoms with E-state index in [2.05, 4.69) is 10.6 Å². The van der Waals surface area contributed by atoms with Crippen molar-refractivity contribution < 1.29 is 19.5 Å². The maximum absolute atomic E-state index is 12.1. The van der Waals surface area contributed by atoms with E-state index in [4.69, 9.17) is 0 Å². The third kappa shape index (κ3) is 5.48. The Labute approximate surface area is 133 Å². The number of hydrogen-bond donors (Lipinski definition) is 3. The standard InChI is InChI=1S/C15H22N2O4S/c1-4-9(2)14(15(20)21)17-13(19)8-11(16-10(3)18)12-6-5-7-22-12/h5-7,9,11,14H,4,8H2,1-3H3,(H,16,18)(H,17,19)(H,20,21). The highest BCUT2D eigenvalue weighted by Crippen LogP contribution is 2.22. The van der Waals surface area contributed by atoms with E-state index in [1.165, 1.54) is 18.3 Å². The molecule has 0 bridgehead atoms. The van der Waals surface area contributed by atoms with Gasteiger partial charge in [-0.3, -0.25) is 9.59 Å². The van der Waals surface area contributed by atoms with Gasteiger partial charge < -0.3 is 15.7 Å². The second kappa shape index (κ2) is 8.53. The lowest BCUT2D eigenvalue weighted by Crippen LogP contribution is -2.46. The monoisotopic (exact) mass is 326 g/mol. The fourth-order valence-electron chi connectivity index (χ4n) is 2.06. The number of rotatable bonds is 8. The van der Waals surface area contributed by atoms with Gasteiger partial charge in [-0.15, -0.1) is 11.3 Å². The van der Waals surface area contributed by atoms with Crippen LogP contribution in [0.2, 0.25) is 0 Å². The van der Waals surface area contributed by atoms with Crippen molar-refractivity contribution >= 4 is 29.1 Å². The highest BCUT2D eigenvalue weighted by molar-refractivity contribution is 7.10. The van der Waals surface area contributed by atoms with Crippen molar-refractivity contribution in [1.29, 1.82) is 0 Å². The molecule has 0 saturated carbocycles. The molecule has 0 radical (unpaired) electrons. The quantitative estimate of drug-likeness (QED) is 0.680. The van der Waals surface area contributed by atoms with Crippen LogP contribution in [0, 0.1) is 5.92 Å².